The molecule has 0 atom stereocenters. The zero-order valence-electron chi connectivity index (χ0n) is 15.5. The lowest BCUT2D eigenvalue weighted by Crippen LogP contribution is -2.38. The minimum Gasteiger partial charge on any atom is -0.332 e. The van der Waals surface area contributed by atoms with Crippen molar-refractivity contribution in [2.75, 3.05) is 11.9 Å². The standard InChI is InChI=1S/C21H20F3N3O/c1-3-21(23,24)12-25-20(28)27-15-8-9-19-14(10-15)11-17(13(2)26-19)16-6-4-5-7-18(16)22/h4-11H,3,12H2,1-2H3,(H2,25,27,28). The molecule has 0 saturated carbocycles. The Bertz CT molecular complexity index is 1020. The number of hydrogen-bond acceptors (Lipinski definition) is 2. The van der Waals surface area contributed by atoms with Crippen LogP contribution in [0.5, 0.6) is 0 Å². The predicted octanol–water partition coefficient (Wildman–Crippen LogP) is 5.52. The number of anilines is 1. The number of carbonyl (C=O) groups excluding carboxylic acids is 1. The lowest BCUT2D eigenvalue weighted by atomic mass is 10.0. The monoisotopic (exact) mass is 387 g/mol. The molecule has 2 amide bonds. The first-order chi connectivity index (χ1) is 13.3. The van der Waals surface area contributed by atoms with Crippen molar-refractivity contribution >= 4 is 22.6 Å². The Labute approximate surface area is 160 Å². The SMILES string of the molecule is CCC(F)(F)CNC(=O)Nc1ccc2nc(C)c(-c3ccccc3F)cc2c1. The van der Waals surface area contributed by atoms with Crippen LogP contribution in [0.4, 0.5) is 23.7 Å². The summed E-state index contributed by atoms with van der Waals surface area (Å²) in [7, 11) is 0. The Morgan fingerprint density at radius 2 is 1.86 bits per heavy atom. The molecule has 7 heteroatoms. The van der Waals surface area contributed by atoms with Crippen LogP contribution in [0.3, 0.4) is 0 Å². The van der Waals surface area contributed by atoms with Crippen LogP contribution in [0.25, 0.3) is 22.0 Å². The highest BCUT2D eigenvalue weighted by Gasteiger charge is 2.26. The number of nitrogens with one attached hydrogen (secondary N) is 2. The number of rotatable bonds is 5. The van der Waals surface area contributed by atoms with Gasteiger partial charge in [-0.25, -0.2) is 18.0 Å². The normalized spacial score (nSPS) is 11.5. The first-order valence-electron chi connectivity index (χ1n) is 8.88. The molecule has 28 heavy (non-hydrogen) atoms. The molecule has 0 aliphatic heterocycles. The molecule has 0 spiro atoms. The summed E-state index contributed by atoms with van der Waals surface area (Å²) < 4.78 is 40.7. The smallest absolute Gasteiger partial charge is 0.319 e. The fourth-order valence-electron chi connectivity index (χ4n) is 2.81. The van der Waals surface area contributed by atoms with Crippen molar-refractivity contribution in [2.24, 2.45) is 0 Å². The quantitative estimate of drug-likeness (QED) is 0.606. The van der Waals surface area contributed by atoms with Gasteiger partial charge in [0.25, 0.3) is 5.92 Å². The van der Waals surface area contributed by atoms with E-state index in [4.69, 9.17) is 0 Å². The molecule has 3 rings (SSSR count). The summed E-state index contributed by atoms with van der Waals surface area (Å²) >= 11 is 0. The van der Waals surface area contributed by atoms with Crippen LogP contribution in [-0.2, 0) is 0 Å². The van der Waals surface area contributed by atoms with Gasteiger partial charge >= 0.3 is 6.03 Å². The van der Waals surface area contributed by atoms with E-state index in [-0.39, 0.29) is 12.2 Å². The number of benzene rings is 2. The summed E-state index contributed by atoms with van der Waals surface area (Å²) in [6, 6.07) is 12.5. The van der Waals surface area contributed by atoms with Crippen molar-refractivity contribution in [2.45, 2.75) is 26.2 Å². The van der Waals surface area contributed by atoms with E-state index in [1.807, 2.05) is 0 Å². The van der Waals surface area contributed by atoms with Gasteiger partial charge in [-0.15, -0.1) is 0 Å². The first-order valence-corrected chi connectivity index (χ1v) is 8.88. The lowest BCUT2D eigenvalue weighted by molar-refractivity contribution is 0.00133. The molecular formula is C21H20F3N3O. The molecule has 0 radical (unpaired) electrons. The molecule has 3 aromatic rings. The number of urea groups is 1. The van der Waals surface area contributed by atoms with Gasteiger partial charge in [0.2, 0.25) is 0 Å². The maximum absolute atomic E-state index is 14.2. The number of aromatic nitrogens is 1. The number of alkyl halides is 2. The van der Waals surface area contributed by atoms with Crippen molar-refractivity contribution in [1.29, 1.82) is 0 Å². The number of carbonyl (C=O) groups is 1. The molecule has 1 heterocycles. The van der Waals surface area contributed by atoms with Gasteiger partial charge in [-0.1, -0.05) is 25.1 Å². The number of nitrogens with zero attached hydrogens (tertiary/aromatic N) is 1. The highest BCUT2D eigenvalue weighted by molar-refractivity contribution is 5.93. The van der Waals surface area contributed by atoms with Crippen LogP contribution in [0.2, 0.25) is 0 Å². The van der Waals surface area contributed by atoms with Gasteiger partial charge < -0.3 is 10.6 Å². The van der Waals surface area contributed by atoms with E-state index in [2.05, 4.69) is 15.6 Å². The minimum atomic E-state index is -2.95. The summed E-state index contributed by atoms with van der Waals surface area (Å²) in [5.74, 6) is -3.30. The van der Waals surface area contributed by atoms with Gasteiger partial charge in [0, 0.05) is 34.3 Å². The van der Waals surface area contributed by atoms with Gasteiger partial charge in [-0.3, -0.25) is 4.98 Å². The summed E-state index contributed by atoms with van der Waals surface area (Å²) in [6.07, 6.45) is -0.354. The third-order valence-electron chi connectivity index (χ3n) is 4.45. The second-order valence-electron chi connectivity index (χ2n) is 6.53. The van der Waals surface area contributed by atoms with Crippen molar-refractivity contribution in [3.63, 3.8) is 0 Å². The van der Waals surface area contributed by atoms with Gasteiger partial charge in [0.05, 0.1) is 12.1 Å². The average molecular weight is 387 g/mol. The van der Waals surface area contributed by atoms with E-state index in [0.717, 1.165) is 0 Å². The molecule has 0 bridgehead atoms. The predicted molar refractivity (Wildman–Crippen MR) is 104 cm³/mol. The van der Waals surface area contributed by atoms with E-state index in [1.54, 1.807) is 49.4 Å². The number of amides is 2. The van der Waals surface area contributed by atoms with Gasteiger partial charge in [0.15, 0.2) is 0 Å². The maximum atomic E-state index is 14.2. The maximum Gasteiger partial charge on any atom is 0.319 e. The zero-order valence-corrected chi connectivity index (χ0v) is 15.5. The van der Waals surface area contributed by atoms with Gasteiger partial charge in [0.1, 0.15) is 5.82 Å². The molecule has 2 aromatic carbocycles. The Balaban J connectivity index is 1.86. The van der Waals surface area contributed by atoms with E-state index in [1.165, 1.54) is 13.0 Å². The molecule has 0 unspecified atom stereocenters. The molecule has 0 aliphatic carbocycles. The minimum absolute atomic E-state index is 0.350. The Morgan fingerprint density at radius 1 is 1.11 bits per heavy atom. The molecule has 1 aromatic heterocycles. The third kappa shape index (κ3) is 4.42. The summed E-state index contributed by atoms with van der Waals surface area (Å²) in [5.41, 5.74) is 2.87. The van der Waals surface area contributed by atoms with Crippen LogP contribution >= 0.6 is 0 Å². The molecule has 146 valence electrons. The Morgan fingerprint density at radius 3 is 2.57 bits per heavy atom. The van der Waals surface area contributed by atoms with Crippen LogP contribution < -0.4 is 10.6 Å². The van der Waals surface area contributed by atoms with Crippen molar-refractivity contribution < 1.29 is 18.0 Å². The molecular weight excluding hydrogens is 367 g/mol. The van der Waals surface area contributed by atoms with Crippen LogP contribution in [0.15, 0.2) is 48.5 Å². The van der Waals surface area contributed by atoms with E-state index in [0.29, 0.717) is 33.4 Å². The first kappa shape index (κ1) is 19.7. The second-order valence-corrected chi connectivity index (χ2v) is 6.53. The molecule has 0 aliphatic rings. The van der Waals surface area contributed by atoms with E-state index >= 15 is 0 Å². The number of fused-ring (bicyclic) bond motifs is 1. The number of aryl methyl sites for hydroxylation is 1. The highest BCUT2D eigenvalue weighted by atomic mass is 19.3. The van der Waals surface area contributed by atoms with Crippen LogP contribution in [-0.4, -0.2) is 23.5 Å². The number of pyridine rings is 1. The topological polar surface area (TPSA) is 54.0 Å². The summed E-state index contributed by atoms with van der Waals surface area (Å²) in [6.45, 7) is 2.42. The van der Waals surface area contributed by atoms with Crippen LogP contribution in [0, 0.1) is 12.7 Å². The molecule has 4 nitrogen and oxygen atoms in total. The van der Waals surface area contributed by atoms with Crippen LogP contribution in [0.1, 0.15) is 19.0 Å². The third-order valence-corrected chi connectivity index (χ3v) is 4.45. The van der Waals surface area contributed by atoms with Crippen molar-refractivity contribution in [3.05, 3.63) is 60.0 Å². The molecule has 2 N–H and O–H groups in total. The van der Waals surface area contributed by atoms with Crippen molar-refractivity contribution in [1.82, 2.24) is 10.3 Å². The summed E-state index contributed by atoms with van der Waals surface area (Å²) in [4.78, 5) is 16.4. The second kappa shape index (κ2) is 7.88. The largest absolute Gasteiger partial charge is 0.332 e. The highest BCUT2D eigenvalue weighted by Crippen LogP contribution is 2.29. The fraction of sp³-hybridized carbons (Fsp3) is 0.238. The fourth-order valence-corrected chi connectivity index (χ4v) is 2.81. The number of hydrogen-bond donors (Lipinski definition) is 2. The van der Waals surface area contributed by atoms with Gasteiger partial charge in [-0.05, 0) is 37.3 Å². The summed E-state index contributed by atoms with van der Waals surface area (Å²) in [5, 5.41) is 5.38. The Hall–Kier alpha value is -3.09. The van der Waals surface area contributed by atoms with E-state index in [9.17, 15) is 18.0 Å². The van der Waals surface area contributed by atoms with E-state index < -0.39 is 18.5 Å². The molecule has 0 saturated heterocycles. The average Bonchev–Trinajstić information content (AvgIpc) is 2.67. The van der Waals surface area contributed by atoms with Gasteiger partial charge in [-0.2, -0.15) is 0 Å². The van der Waals surface area contributed by atoms with Crippen molar-refractivity contribution in [3.8, 4) is 11.1 Å². The Kier molecular flexibility index (Phi) is 5.53. The molecule has 0 fully saturated rings. The lowest BCUT2D eigenvalue weighted by Gasteiger charge is -2.15. The zero-order chi connectivity index (χ0) is 20.3. The number of halogens is 3.